The van der Waals surface area contributed by atoms with E-state index in [2.05, 4.69) is 12.2 Å². The van der Waals surface area contributed by atoms with Crippen LogP contribution in [-0.4, -0.2) is 49.2 Å². The average molecular weight is 242 g/mol. The fourth-order valence-electron chi connectivity index (χ4n) is 2.01. The maximum atomic E-state index is 11.8. The van der Waals surface area contributed by atoms with Crippen LogP contribution in [0.4, 0.5) is 0 Å². The summed E-state index contributed by atoms with van der Waals surface area (Å²) >= 11 is 0. The Bertz CT molecular complexity index is 223. The predicted molar refractivity (Wildman–Crippen MR) is 69.0 cm³/mol. The van der Waals surface area contributed by atoms with Crippen LogP contribution < -0.4 is 5.32 Å². The largest absolute Gasteiger partial charge is 0.369 e. The maximum absolute atomic E-state index is 11.8. The molecule has 1 amide bonds. The van der Waals surface area contributed by atoms with Gasteiger partial charge >= 0.3 is 0 Å². The van der Waals surface area contributed by atoms with E-state index in [1.807, 2.05) is 18.7 Å². The number of hydrogen-bond donors (Lipinski definition) is 1. The quantitative estimate of drug-likeness (QED) is 0.765. The van der Waals surface area contributed by atoms with Crippen LogP contribution in [0, 0.1) is 0 Å². The molecule has 1 fully saturated rings. The first kappa shape index (κ1) is 14.5. The standard InChI is InChI=1S/C13H26N2O2/c1-4-7-14-12-5-8-15(9-6-12)13(16)10-17-11(2)3/h11-12,14H,4-10H2,1-3H3. The number of nitrogens with zero attached hydrogens (tertiary/aromatic N) is 1. The third-order valence-electron chi connectivity index (χ3n) is 3.07. The highest BCUT2D eigenvalue weighted by atomic mass is 16.5. The van der Waals surface area contributed by atoms with Gasteiger partial charge in [-0.2, -0.15) is 0 Å². The summed E-state index contributed by atoms with van der Waals surface area (Å²) in [4.78, 5) is 13.7. The Morgan fingerprint density at radius 3 is 2.59 bits per heavy atom. The zero-order chi connectivity index (χ0) is 12.7. The Morgan fingerprint density at radius 1 is 1.41 bits per heavy atom. The van der Waals surface area contributed by atoms with Crippen molar-refractivity contribution in [1.29, 1.82) is 0 Å². The summed E-state index contributed by atoms with van der Waals surface area (Å²) in [5.74, 6) is 0.132. The van der Waals surface area contributed by atoms with Gasteiger partial charge in [0, 0.05) is 19.1 Å². The van der Waals surface area contributed by atoms with Gasteiger partial charge in [-0.25, -0.2) is 0 Å². The van der Waals surface area contributed by atoms with Crippen molar-refractivity contribution in [1.82, 2.24) is 10.2 Å². The molecule has 0 atom stereocenters. The number of rotatable bonds is 6. The number of piperidine rings is 1. The average Bonchev–Trinajstić information content (AvgIpc) is 2.34. The molecule has 0 radical (unpaired) electrons. The van der Waals surface area contributed by atoms with Crippen molar-refractivity contribution in [3.8, 4) is 0 Å². The van der Waals surface area contributed by atoms with Gasteiger partial charge in [0.2, 0.25) is 5.91 Å². The van der Waals surface area contributed by atoms with Gasteiger partial charge < -0.3 is 15.0 Å². The smallest absolute Gasteiger partial charge is 0.248 e. The summed E-state index contributed by atoms with van der Waals surface area (Å²) in [5.41, 5.74) is 0. The normalized spacial score (nSPS) is 17.8. The lowest BCUT2D eigenvalue weighted by Gasteiger charge is -2.32. The van der Waals surface area contributed by atoms with Crippen molar-refractivity contribution < 1.29 is 9.53 Å². The van der Waals surface area contributed by atoms with Crippen molar-refractivity contribution in [2.75, 3.05) is 26.2 Å². The lowest BCUT2D eigenvalue weighted by Crippen LogP contribution is -2.46. The van der Waals surface area contributed by atoms with Gasteiger partial charge in [-0.15, -0.1) is 0 Å². The zero-order valence-electron chi connectivity index (χ0n) is 11.4. The van der Waals surface area contributed by atoms with Gasteiger partial charge in [-0.05, 0) is 39.7 Å². The molecule has 1 rings (SSSR count). The van der Waals surface area contributed by atoms with Crippen LogP contribution in [0.3, 0.4) is 0 Å². The molecule has 0 aromatic heterocycles. The van der Waals surface area contributed by atoms with Gasteiger partial charge in [0.25, 0.3) is 0 Å². The number of carbonyl (C=O) groups excluding carboxylic acids is 1. The SMILES string of the molecule is CCCNC1CCN(C(=O)COC(C)C)CC1. The van der Waals surface area contributed by atoms with Crippen LogP contribution in [0.5, 0.6) is 0 Å². The molecular formula is C13H26N2O2. The van der Waals surface area contributed by atoms with Crippen LogP contribution in [0.1, 0.15) is 40.0 Å². The molecule has 17 heavy (non-hydrogen) atoms. The van der Waals surface area contributed by atoms with E-state index in [4.69, 9.17) is 4.74 Å². The van der Waals surface area contributed by atoms with Crippen LogP contribution in [-0.2, 0) is 9.53 Å². The second kappa shape index (κ2) is 7.67. The second-order valence-corrected chi connectivity index (χ2v) is 4.97. The van der Waals surface area contributed by atoms with E-state index in [-0.39, 0.29) is 18.6 Å². The van der Waals surface area contributed by atoms with Gasteiger partial charge in [0.15, 0.2) is 0 Å². The molecule has 0 bridgehead atoms. The number of likely N-dealkylation sites (tertiary alicyclic amines) is 1. The summed E-state index contributed by atoms with van der Waals surface area (Å²) in [6.45, 7) is 9.11. The van der Waals surface area contributed by atoms with Crippen molar-refractivity contribution in [2.24, 2.45) is 0 Å². The zero-order valence-corrected chi connectivity index (χ0v) is 11.4. The topological polar surface area (TPSA) is 41.6 Å². The van der Waals surface area contributed by atoms with Gasteiger partial charge in [0.1, 0.15) is 6.61 Å². The Labute approximate surface area is 105 Å². The van der Waals surface area contributed by atoms with E-state index < -0.39 is 0 Å². The lowest BCUT2D eigenvalue weighted by atomic mass is 10.0. The monoisotopic (exact) mass is 242 g/mol. The van der Waals surface area contributed by atoms with E-state index >= 15 is 0 Å². The third kappa shape index (κ3) is 5.50. The maximum Gasteiger partial charge on any atom is 0.248 e. The van der Waals surface area contributed by atoms with Crippen molar-refractivity contribution in [3.05, 3.63) is 0 Å². The van der Waals surface area contributed by atoms with Crippen molar-refractivity contribution in [3.63, 3.8) is 0 Å². The van der Waals surface area contributed by atoms with Gasteiger partial charge in [-0.3, -0.25) is 4.79 Å². The number of ether oxygens (including phenoxy) is 1. The highest BCUT2D eigenvalue weighted by Crippen LogP contribution is 2.10. The molecule has 0 unspecified atom stereocenters. The Morgan fingerprint density at radius 2 is 2.06 bits per heavy atom. The number of nitrogens with one attached hydrogen (secondary N) is 1. The molecule has 0 aliphatic carbocycles. The molecule has 0 spiro atoms. The minimum Gasteiger partial charge on any atom is -0.369 e. The van der Waals surface area contributed by atoms with E-state index in [1.165, 1.54) is 6.42 Å². The molecule has 0 aromatic carbocycles. The van der Waals surface area contributed by atoms with E-state index in [0.717, 1.165) is 32.5 Å². The minimum atomic E-state index is 0.128. The molecule has 4 nitrogen and oxygen atoms in total. The first-order chi connectivity index (χ1) is 8.13. The summed E-state index contributed by atoms with van der Waals surface area (Å²) in [5, 5.41) is 3.51. The van der Waals surface area contributed by atoms with Gasteiger partial charge in [0.05, 0.1) is 6.10 Å². The van der Waals surface area contributed by atoms with Crippen LogP contribution >= 0.6 is 0 Å². The molecule has 100 valence electrons. The summed E-state index contributed by atoms with van der Waals surface area (Å²) in [7, 11) is 0. The Balaban J connectivity index is 2.19. The summed E-state index contributed by atoms with van der Waals surface area (Å²) in [6, 6.07) is 0.588. The third-order valence-corrected chi connectivity index (χ3v) is 3.07. The van der Waals surface area contributed by atoms with Crippen LogP contribution in [0.15, 0.2) is 0 Å². The molecule has 1 aliphatic heterocycles. The van der Waals surface area contributed by atoms with Crippen LogP contribution in [0.2, 0.25) is 0 Å². The molecule has 0 aromatic rings. The predicted octanol–water partition coefficient (Wildman–Crippen LogP) is 1.40. The van der Waals surface area contributed by atoms with E-state index in [0.29, 0.717) is 6.04 Å². The molecule has 1 aliphatic rings. The van der Waals surface area contributed by atoms with Crippen LogP contribution in [0.25, 0.3) is 0 Å². The Kier molecular flexibility index (Phi) is 6.52. The first-order valence-corrected chi connectivity index (χ1v) is 6.76. The lowest BCUT2D eigenvalue weighted by molar-refractivity contribution is -0.138. The number of carbonyl (C=O) groups is 1. The van der Waals surface area contributed by atoms with E-state index in [9.17, 15) is 4.79 Å². The molecular weight excluding hydrogens is 216 g/mol. The van der Waals surface area contributed by atoms with E-state index in [1.54, 1.807) is 0 Å². The highest BCUT2D eigenvalue weighted by molar-refractivity contribution is 5.77. The number of amides is 1. The van der Waals surface area contributed by atoms with Crippen molar-refractivity contribution >= 4 is 5.91 Å². The highest BCUT2D eigenvalue weighted by Gasteiger charge is 2.22. The second-order valence-electron chi connectivity index (χ2n) is 4.97. The molecule has 1 saturated heterocycles. The summed E-state index contributed by atoms with van der Waals surface area (Å²) < 4.78 is 5.34. The minimum absolute atomic E-state index is 0.128. The summed E-state index contributed by atoms with van der Waals surface area (Å²) in [6.07, 6.45) is 3.42. The first-order valence-electron chi connectivity index (χ1n) is 6.76. The van der Waals surface area contributed by atoms with Gasteiger partial charge in [-0.1, -0.05) is 6.92 Å². The molecule has 4 heteroatoms. The van der Waals surface area contributed by atoms with Crippen molar-refractivity contribution in [2.45, 2.75) is 52.2 Å². The fourth-order valence-corrected chi connectivity index (χ4v) is 2.01. The molecule has 1 heterocycles. The fraction of sp³-hybridized carbons (Fsp3) is 0.923. The molecule has 0 saturated carbocycles. The Hall–Kier alpha value is -0.610. The molecule has 1 N–H and O–H groups in total. The number of hydrogen-bond acceptors (Lipinski definition) is 3.